The second kappa shape index (κ2) is 8.45. The fourth-order valence-corrected chi connectivity index (χ4v) is 3.50. The molecular weight excluding hydrogens is 519 g/mol. The number of hydrogen-bond donors (Lipinski definition) is 1. The topological polar surface area (TPSA) is 63.1 Å². The summed E-state index contributed by atoms with van der Waals surface area (Å²) in [4.78, 5) is 13.9. The van der Waals surface area contributed by atoms with Crippen LogP contribution in [0.25, 0.3) is 0 Å². The zero-order valence-electron chi connectivity index (χ0n) is 14.6. The van der Waals surface area contributed by atoms with Crippen LogP contribution in [0, 0.1) is 17.5 Å². The van der Waals surface area contributed by atoms with E-state index < -0.39 is 41.4 Å². The molecule has 1 aromatic carbocycles. The molecule has 0 saturated heterocycles. The van der Waals surface area contributed by atoms with E-state index in [4.69, 9.17) is 0 Å². The predicted molar refractivity (Wildman–Crippen MR) is 96.0 cm³/mol. The Bertz CT molecular complexity index is 918. The molecule has 0 saturated carbocycles. The van der Waals surface area contributed by atoms with Gasteiger partial charge in [0.15, 0.2) is 17.5 Å². The molecule has 29 heavy (non-hydrogen) atoms. The van der Waals surface area contributed by atoms with Crippen molar-refractivity contribution in [3.63, 3.8) is 0 Å². The van der Waals surface area contributed by atoms with Gasteiger partial charge in [-0.3, -0.25) is 8.32 Å². The van der Waals surface area contributed by atoms with E-state index in [1.54, 1.807) is 22.9 Å². The highest BCUT2D eigenvalue weighted by atomic mass is 127. The normalized spacial score (nSPS) is 15.3. The van der Waals surface area contributed by atoms with Crippen molar-refractivity contribution in [2.45, 2.75) is 38.1 Å². The predicted octanol–water partition coefficient (Wildman–Crippen LogP) is 3.00. The average Bonchev–Trinajstić information content (AvgIpc) is 3.08. The van der Waals surface area contributed by atoms with Crippen LogP contribution in [0.3, 0.4) is 0 Å². The van der Waals surface area contributed by atoms with E-state index >= 15 is 0 Å². The van der Waals surface area contributed by atoms with Gasteiger partial charge in [-0.25, -0.2) is 13.2 Å². The van der Waals surface area contributed by atoms with Gasteiger partial charge in [-0.2, -0.15) is 13.2 Å². The van der Waals surface area contributed by atoms with E-state index in [9.17, 15) is 31.1 Å². The summed E-state index contributed by atoms with van der Waals surface area (Å²) in [7, 11) is 0. The Kier molecular flexibility index (Phi) is 6.36. The molecule has 6 nitrogen and oxygen atoms in total. The van der Waals surface area contributed by atoms with Gasteiger partial charge in [-0.1, -0.05) is 0 Å². The van der Waals surface area contributed by atoms with Gasteiger partial charge in [0.05, 0.1) is 6.54 Å². The lowest BCUT2D eigenvalue weighted by Gasteiger charge is -2.29. The highest BCUT2D eigenvalue weighted by Gasteiger charge is 2.40. The Morgan fingerprint density at radius 3 is 2.48 bits per heavy atom. The summed E-state index contributed by atoms with van der Waals surface area (Å²) in [5.41, 5.74) is -0.0981. The monoisotopic (exact) mass is 533 g/mol. The van der Waals surface area contributed by atoms with Crippen LogP contribution >= 0.6 is 22.9 Å². The maximum absolute atomic E-state index is 13.8. The van der Waals surface area contributed by atoms with Gasteiger partial charge in [0.25, 0.3) is 0 Å². The largest absolute Gasteiger partial charge is 0.451 e. The number of nitrogens with one attached hydrogen (secondary N) is 1. The van der Waals surface area contributed by atoms with Crippen molar-refractivity contribution >= 4 is 28.8 Å². The molecule has 1 aliphatic heterocycles. The number of alkyl halides is 3. The third-order valence-corrected chi connectivity index (χ3v) is 5.37. The van der Waals surface area contributed by atoms with Gasteiger partial charge in [0.2, 0.25) is 11.7 Å². The summed E-state index contributed by atoms with van der Waals surface area (Å²) in [6, 6.07) is 0.568. The van der Waals surface area contributed by atoms with E-state index in [1.165, 1.54) is 4.90 Å². The summed E-state index contributed by atoms with van der Waals surface area (Å²) in [6.45, 7) is -0.223. The molecule has 1 aliphatic rings. The SMILES string of the molecule is O=C(C[C@@H](Cc1cc(F)c(F)cc1F)NI)N1CCn2c(nnc2C(F)(F)F)C1. The fourth-order valence-electron chi connectivity index (χ4n) is 3.06. The molecule has 0 spiro atoms. The molecule has 1 atom stereocenters. The van der Waals surface area contributed by atoms with Crippen LogP contribution in [-0.4, -0.2) is 38.2 Å². The second-order valence-electron chi connectivity index (χ2n) is 6.48. The number of hydrogen-bond acceptors (Lipinski definition) is 4. The van der Waals surface area contributed by atoms with Crippen molar-refractivity contribution in [3.8, 4) is 0 Å². The van der Waals surface area contributed by atoms with Gasteiger partial charge in [-0.05, 0) is 18.1 Å². The summed E-state index contributed by atoms with van der Waals surface area (Å²) in [5.74, 6) is -4.93. The number of rotatable bonds is 5. The van der Waals surface area contributed by atoms with Crippen LogP contribution in [0.1, 0.15) is 23.6 Å². The minimum absolute atomic E-state index is 0.0163. The molecular formula is C16H14F6IN5O. The van der Waals surface area contributed by atoms with Crippen molar-refractivity contribution in [3.05, 3.63) is 46.8 Å². The number of benzene rings is 1. The summed E-state index contributed by atoms with van der Waals surface area (Å²) >= 11 is 1.76. The lowest BCUT2D eigenvalue weighted by Crippen LogP contribution is -2.42. The van der Waals surface area contributed by atoms with E-state index in [-0.39, 0.29) is 43.9 Å². The van der Waals surface area contributed by atoms with Crippen LogP contribution in [0.2, 0.25) is 0 Å². The van der Waals surface area contributed by atoms with Gasteiger partial charge in [0.1, 0.15) is 5.82 Å². The molecule has 2 heterocycles. The summed E-state index contributed by atoms with van der Waals surface area (Å²) in [6.07, 6.45) is -4.84. The first-order chi connectivity index (χ1) is 13.6. The Balaban J connectivity index is 1.66. The van der Waals surface area contributed by atoms with Gasteiger partial charge < -0.3 is 9.47 Å². The second-order valence-corrected chi connectivity index (χ2v) is 7.10. The minimum atomic E-state index is -4.64. The number of fused-ring (bicyclic) bond motifs is 1. The molecule has 0 radical (unpaired) electrons. The van der Waals surface area contributed by atoms with E-state index in [2.05, 4.69) is 13.7 Å². The van der Waals surface area contributed by atoms with Crippen LogP contribution < -0.4 is 3.53 Å². The standard InChI is InChI=1S/C16H14F6IN5O/c17-10-6-12(19)11(18)4-8(10)3-9(24-23)5-14(29)27-1-2-28-13(7-27)25-26-15(28)16(20,21)22/h4,6,9,24H,1-3,5,7H2/t9-/m1/s1. The fraction of sp³-hybridized carbons (Fsp3) is 0.438. The zero-order valence-corrected chi connectivity index (χ0v) is 16.8. The number of nitrogens with zero attached hydrogens (tertiary/aromatic N) is 4. The van der Waals surface area contributed by atoms with Crippen LogP contribution in [-0.2, 0) is 30.5 Å². The first kappa shape index (κ1) is 21.8. The van der Waals surface area contributed by atoms with E-state index in [0.717, 1.165) is 10.6 Å². The van der Waals surface area contributed by atoms with Crippen molar-refractivity contribution in [2.24, 2.45) is 0 Å². The van der Waals surface area contributed by atoms with Crippen molar-refractivity contribution in [2.75, 3.05) is 6.54 Å². The lowest BCUT2D eigenvalue weighted by molar-refractivity contribution is -0.148. The molecule has 0 aliphatic carbocycles. The van der Waals surface area contributed by atoms with E-state index in [0.29, 0.717) is 6.07 Å². The van der Waals surface area contributed by atoms with Gasteiger partial charge in [-0.15, -0.1) is 10.2 Å². The average molecular weight is 533 g/mol. The molecule has 158 valence electrons. The quantitative estimate of drug-likeness (QED) is 0.278. The third-order valence-electron chi connectivity index (χ3n) is 4.49. The molecule has 1 amide bonds. The molecule has 0 fully saturated rings. The Morgan fingerprint density at radius 2 is 1.83 bits per heavy atom. The van der Waals surface area contributed by atoms with Crippen LogP contribution in [0.15, 0.2) is 12.1 Å². The van der Waals surface area contributed by atoms with Gasteiger partial charge >= 0.3 is 6.18 Å². The molecule has 3 rings (SSSR count). The van der Waals surface area contributed by atoms with Crippen molar-refractivity contribution < 1.29 is 31.1 Å². The summed E-state index contributed by atoms with van der Waals surface area (Å²) < 4.78 is 82.6. The Labute approximate surface area is 174 Å². The van der Waals surface area contributed by atoms with Crippen molar-refractivity contribution in [1.82, 2.24) is 23.2 Å². The zero-order chi connectivity index (χ0) is 21.3. The number of aromatic nitrogens is 3. The first-order valence-electron chi connectivity index (χ1n) is 8.36. The smallest absolute Gasteiger partial charge is 0.333 e. The molecule has 1 N–H and O–H groups in total. The molecule has 0 bridgehead atoms. The van der Waals surface area contributed by atoms with E-state index in [1.807, 2.05) is 0 Å². The minimum Gasteiger partial charge on any atom is -0.333 e. The van der Waals surface area contributed by atoms with Crippen molar-refractivity contribution in [1.29, 1.82) is 0 Å². The Hall–Kier alpha value is -1.90. The molecule has 13 heteroatoms. The number of amides is 1. The molecule has 1 aromatic heterocycles. The van der Waals surface area contributed by atoms with Crippen LogP contribution in [0.4, 0.5) is 26.3 Å². The first-order valence-corrected chi connectivity index (χ1v) is 9.44. The highest BCUT2D eigenvalue weighted by Crippen LogP contribution is 2.29. The van der Waals surface area contributed by atoms with Gasteiger partial charge in [0, 0.05) is 54.5 Å². The molecule has 0 unspecified atom stereocenters. The lowest BCUT2D eigenvalue weighted by atomic mass is 10.0. The Morgan fingerprint density at radius 1 is 1.14 bits per heavy atom. The number of carbonyl (C=O) groups is 1. The maximum Gasteiger partial charge on any atom is 0.451 e. The third kappa shape index (κ3) is 4.82. The maximum atomic E-state index is 13.8. The number of carbonyl (C=O) groups excluding carboxylic acids is 1. The summed E-state index contributed by atoms with van der Waals surface area (Å²) in [5, 5.41) is 6.66. The van der Waals surface area contributed by atoms with Crippen LogP contribution in [0.5, 0.6) is 0 Å². The highest BCUT2D eigenvalue weighted by molar-refractivity contribution is 14.1. The number of halogens is 7. The molecule has 2 aromatic rings.